The molecule has 2 N–H and O–H groups in total. The molecular formula is C23H23N5O4. The van der Waals surface area contributed by atoms with Gasteiger partial charge in [-0.1, -0.05) is 0 Å². The summed E-state index contributed by atoms with van der Waals surface area (Å²) in [4.78, 5) is 17.1. The molecule has 1 fully saturated rings. The van der Waals surface area contributed by atoms with Gasteiger partial charge in [-0.3, -0.25) is 9.48 Å². The van der Waals surface area contributed by atoms with Gasteiger partial charge in [0.2, 0.25) is 5.89 Å². The molecule has 32 heavy (non-hydrogen) atoms. The van der Waals surface area contributed by atoms with Gasteiger partial charge in [-0.05, 0) is 43.9 Å². The lowest BCUT2D eigenvalue weighted by atomic mass is 9.93. The van der Waals surface area contributed by atoms with E-state index in [0.29, 0.717) is 27.6 Å². The van der Waals surface area contributed by atoms with E-state index < -0.39 is 5.91 Å². The zero-order valence-corrected chi connectivity index (χ0v) is 17.6. The second kappa shape index (κ2) is 8.08. The number of rotatable bonds is 4. The van der Waals surface area contributed by atoms with Crippen molar-refractivity contribution < 1.29 is 19.0 Å². The van der Waals surface area contributed by atoms with Crippen LogP contribution in [0.15, 0.2) is 53.4 Å². The molecule has 0 unspecified atom stereocenters. The van der Waals surface area contributed by atoms with Crippen molar-refractivity contribution in [2.24, 2.45) is 0 Å². The van der Waals surface area contributed by atoms with Crippen LogP contribution in [0.4, 0.5) is 5.69 Å². The van der Waals surface area contributed by atoms with Crippen LogP contribution < -0.4 is 10.0 Å². The van der Waals surface area contributed by atoms with Crippen LogP contribution in [0.3, 0.4) is 0 Å². The first-order chi connectivity index (χ1) is 15.5. The fraction of sp³-hybridized carbons (Fsp3) is 0.304. The molecule has 0 spiro atoms. The lowest BCUT2D eigenvalue weighted by Gasteiger charge is -2.25. The molecule has 5 rings (SSSR count). The number of aliphatic hydroxyl groups is 1. The van der Waals surface area contributed by atoms with Crippen LogP contribution in [-0.4, -0.2) is 31.9 Å². The molecule has 164 valence electrons. The minimum absolute atomic E-state index is 0.0000838. The van der Waals surface area contributed by atoms with E-state index in [1.807, 2.05) is 23.0 Å². The maximum atomic E-state index is 12.9. The fourth-order valence-corrected chi connectivity index (χ4v) is 4.20. The number of hydrogen-bond acceptors (Lipinski definition) is 6. The summed E-state index contributed by atoms with van der Waals surface area (Å²) in [5.41, 5.74) is 2.23. The van der Waals surface area contributed by atoms with E-state index >= 15 is 0 Å². The Hall–Kier alpha value is -3.72. The lowest BCUT2D eigenvalue weighted by Crippen LogP contribution is -2.39. The van der Waals surface area contributed by atoms with Crippen molar-refractivity contribution in [2.45, 2.75) is 44.8 Å². The molecule has 1 aliphatic rings. The van der Waals surface area contributed by atoms with E-state index in [2.05, 4.69) is 10.3 Å². The normalized spacial score (nSPS) is 18.7. The van der Waals surface area contributed by atoms with E-state index in [0.717, 1.165) is 36.6 Å². The molecule has 9 heteroatoms. The number of carbonyl (C=O) groups excluding carboxylic acids is 1. The number of nitrogens with one attached hydrogen (secondary N) is 1. The van der Waals surface area contributed by atoms with Gasteiger partial charge < -0.3 is 20.0 Å². The smallest absolute Gasteiger partial charge is 0.321 e. The Bertz CT molecular complexity index is 1270. The van der Waals surface area contributed by atoms with E-state index in [1.54, 1.807) is 19.1 Å². The first-order valence-electron chi connectivity index (χ1n) is 10.6. The Balaban J connectivity index is 1.53. The first-order valence-corrected chi connectivity index (χ1v) is 10.6. The van der Waals surface area contributed by atoms with E-state index in [4.69, 9.17) is 9.52 Å². The fourth-order valence-electron chi connectivity index (χ4n) is 4.20. The number of benzene rings is 1. The number of oxazole rings is 1. The van der Waals surface area contributed by atoms with Crippen molar-refractivity contribution in [3.05, 3.63) is 65.6 Å². The minimum Gasteiger partial charge on any atom is -0.618 e. The van der Waals surface area contributed by atoms with Gasteiger partial charge in [-0.15, -0.1) is 0 Å². The Morgan fingerprint density at radius 2 is 2.09 bits per heavy atom. The van der Waals surface area contributed by atoms with Crippen molar-refractivity contribution in [3.8, 4) is 11.5 Å². The molecule has 1 amide bonds. The van der Waals surface area contributed by atoms with Crippen molar-refractivity contribution in [3.63, 3.8) is 0 Å². The number of aromatic nitrogens is 4. The van der Waals surface area contributed by atoms with Crippen LogP contribution in [0, 0.1) is 12.1 Å². The van der Waals surface area contributed by atoms with Crippen LogP contribution in [0.5, 0.6) is 0 Å². The average molecular weight is 433 g/mol. The van der Waals surface area contributed by atoms with Gasteiger partial charge in [-0.2, -0.15) is 9.83 Å². The Labute approximate surface area is 183 Å². The Morgan fingerprint density at radius 1 is 1.28 bits per heavy atom. The molecule has 1 saturated carbocycles. The third kappa shape index (κ3) is 3.71. The molecule has 1 aliphatic carbocycles. The molecule has 3 aromatic heterocycles. The molecule has 3 heterocycles. The summed E-state index contributed by atoms with van der Waals surface area (Å²) in [7, 11) is 0. The largest absolute Gasteiger partial charge is 0.618 e. The maximum absolute atomic E-state index is 12.9. The first kappa shape index (κ1) is 20.2. The SMILES string of the molecule is Cc1cccc(C(=O)Nc2cc3cn(C4CCC(O)CC4)nc3cc2-c2ncco2)[n+]1[O-]. The highest BCUT2D eigenvalue weighted by atomic mass is 16.5. The van der Waals surface area contributed by atoms with Gasteiger partial charge in [0.25, 0.3) is 5.69 Å². The quantitative estimate of drug-likeness (QED) is 0.376. The van der Waals surface area contributed by atoms with Crippen LogP contribution in [0.2, 0.25) is 0 Å². The summed E-state index contributed by atoms with van der Waals surface area (Å²) in [6, 6.07) is 8.66. The van der Waals surface area contributed by atoms with Crippen molar-refractivity contribution in [2.75, 3.05) is 5.32 Å². The molecule has 0 radical (unpaired) electrons. The van der Waals surface area contributed by atoms with Gasteiger partial charge in [0.05, 0.1) is 35.1 Å². The molecule has 0 saturated heterocycles. The van der Waals surface area contributed by atoms with Gasteiger partial charge in [0.1, 0.15) is 6.26 Å². The summed E-state index contributed by atoms with van der Waals surface area (Å²) in [6.45, 7) is 1.65. The molecule has 0 bridgehead atoms. The molecule has 4 aromatic rings. The number of aliphatic hydroxyl groups excluding tert-OH is 1. The summed E-state index contributed by atoms with van der Waals surface area (Å²) in [6.07, 6.45) is 7.95. The Morgan fingerprint density at radius 3 is 2.84 bits per heavy atom. The number of fused-ring (bicyclic) bond motifs is 1. The topological polar surface area (TPSA) is 120 Å². The number of amides is 1. The van der Waals surface area contributed by atoms with Crippen LogP contribution in [0.25, 0.3) is 22.4 Å². The number of pyridine rings is 1. The van der Waals surface area contributed by atoms with E-state index in [9.17, 15) is 15.1 Å². The van der Waals surface area contributed by atoms with Gasteiger partial charge >= 0.3 is 5.91 Å². The zero-order valence-electron chi connectivity index (χ0n) is 17.6. The van der Waals surface area contributed by atoms with Crippen molar-refractivity contribution >= 4 is 22.5 Å². The number of hydrogen-bond donors (Lipinski definition) is 2. The van der Waals surface area contributed by atoms with Crippen LogP contribution in [-0.2, 0) is 0 Å². The molecule has 1 aromatic carbocycles. The highest BCUT2D eigenvalue weighted by molar-refractivity contribution is 6.05. The van der Waals surface area contributed by atoms with Gasteiger partial charge in [0.15, 0.2) is 5.69 Å². The predicted molar refractivity (Wildman–Crippen MR) is 117 cm³/mol. The second-order valence-electron chi connectivity index (χ2n) is 8.17. The van der Waals surface area contributed by atoms with E-state index in [-0.39, 0.29) is 17.8 Å². The second-order valence-corrected chi connectivity index (χ2v) is 8.17. The average Bonchev–Trinajstić information content (AvgIpc) is 3.45. The van der Waals surface area contributed by atoms with Gasteiger partial charge in [0, 0.05) is 30.6 Å². The molecule has 0 atom stereocenters. The summed E-state index contributed by atoms with van der Waals surface area (Å²) >= 11 is 0. The van der Waals surface area contributed by atoms with Crippen molar-refractivity contribution in [1.82, 2.24) is 14.8 Å². The highest BCUT2D eigenvalue weighted by Crippen LogP contribution is 2.34. The number of carbonyl (C=O) groups is 1. The molecule has 9 nitrogen and oxygen atoms in total. The Kier molecular flexibility index (Phi) is 5.10. The summed E-state index contributed by atoms with van der Waals surface area (Å²) in [5.74, 6) is -0.179. The third-order valence-electron chi connectivity index (χ3n) is 5.98. The number of nitrogens with zero attached hydrogens (tertiary/aromatic N) is 4. The predicted octanol–water partition coefficient (Wildman–Crippen LogP) is 3.36. The molecular weight excluding hydrogens is 410 g/mol. The standard InChI is InChI=1S/C23H23N5O4/c1-14-3-2-4-21(28(14)31)22(30)25-20-11-15-13-27(16-5-7-17(29)8-6-16)26-19(15)12-18(20)23-24-9-10-32-23/h2-4,9-13,16-17,29H,5-8H2,1H3,(H,25,30). The number of anilines is 1. The van der Waals surface area contributed by atoms with Gasteiger partial charge in [-0.25, -0.2) is 4.98 Å². The van der Waals surface area contributed by atoms with Crippen LogP contribution in [0.1, 0.15) is 47.9 Å². The molecule has 0 aliphatic heterocycles. The monoisotopic (exact) mass is 433 g/mol. The van der Waals surface area contributed by atoms with Crippen LogP contribution >= 0.6 is 0 Å². The lowest BCUT2D eigenvalue weighted by molar-refractivity contribution is -0.614. The maximum Gasteiger partial charge on any atom is 0.321 e. The highest BCUT2D eigenvalue weighted by Gasteiger charge is 2.24. The number of aryl methyl sites for hydroxylation is 1. The zero-order chi connectivity index (χ0) is 22.2. The van der Waals surface area contributed by atoms with Crippen molar-refractivity contribution in [1.29, 1.82) is 0 Å². The third-order valence-corrected chi connectivity index (χ3v) is 5.98. The van der Waals surface area contributed by atoms with E-state index in [1.165, 1.54) is 18.5 Å². The summed E-state index contributed by atoms with van der Waals surface area (Å²) < 4.78 is 8.03. The summed E-state index contributed by atoms with van der Waals surface area (Å²) in [5, 5.41) is 30.5. The minimum atomic E-state index is -0.524.